The van der Waals surface area contributed by atoms with E-state index < -0.39 is 29.8 Å². The molecule has 4 nitrogen and oxygen atoms in total. The Kier molecular flexibility index (Phi) is 6.16. The molecule has 8 heteroatoms. The van der Waals surface area contributed by atoms with Crippen molar-refractivity contribution in [3.8, 4) is 0 Å². The van der Waals surface area contributed by atoms with Gasteiger partial charge in [-0.25, -0.2) is 17.8 Å². The standard InChI is InChI=1S/C25H19F3N2O2P/c1-29(21-8-10-22(11-9-21)30(31)32)33(23-12-2-18(26)3-13-23,24-14-4-19(27)5-15-24)25-16-6-20(28)7-17-25/h2-17H,1H3/q+1. The molecule has 0 fully saturated rings. The van der Waals surface area contributed by atoms with Crippen LogP contribution in [0.2, 0.25) is 0 Å². The SMILES string of the molecule is CN(c1ccc([N+](=O)[O-])cc1)[P+](c1ccc(F)cc1)(c1ccc(F)cc1)c1ccc(F)cc1. The minimum Gasteiger partial charge on any atom is -0.258 e. The van der Waals surface area contributed by atoms with Crippen LogP contribution in [0.4, 0.5) is 24.5 Å². The fourth-order valence-corrected chi connectivity index (χ4v) is 8.06. The van der Waals surface area contributed by atoms with E-state index in [9.17, 15) is 23.3 Å². The van der Waals surface area contributed by atoms with Gasteiger partial charge in [0.25, 0.3) is 5.69 Å². The molecule has 0 spiro atoms. The van der Waals surface area contributed by atoms with Crippen molar-refractivity contribution in [3.05, 3.63) is 125 Å². The van der Waals surface area contributed by atoms with E-state index in [0.717, 1.165) is 15.9 Å². The van der Waals surface area contributed by atoms with E-state index in [4.69, 9.17) is 0 Å². The van der Waals surface area contributed by atoms with Crippen molar-refractivity contribution in [3.63, 3.8) is 0 Å². The van der Waals surface area contributed by atoms with E-state index >= 15 is 0 Å². The highest BCUT2D eigenvalue weighted by Gasteiger charge is 2.50. The van der Waals surface area contributed by atoms with Gasteiger partial charge in [0, 0.05) is 19.2 Å². The molecule has 0 atom stereocenters. The molecule has 0 saturated heterocycles. The van der Waals surface area contributed by atoms with E-state index in [1.165, 1.54) is 48.5 Å². The number of rotatable bonds is 6. The topological polar surface area (TPSA) is 46.4 Å². The Morgan fingerprint density at radius 1 is 0.636 bits per heavy atom. The molecule has 0 amide bonds. The number of nitro benzene ring substituents is 1. The minimum atomic E-state index is -2.80. The minimum absolute atomic E-state index is 0.0542. The molecular formula is C25H19F3N2O2P+. The smallest absolute Gasteiger partial charge is 0.258 e. The maximum atomic E-state index is 13.9. The van der Waals surface area contributed by atoms with E-state index in [2.05, 4.69) is 0 Å². The summed E-state index contributed by atoms with van der Waals surface area (Å²) in [6.45, 7) is 0. The van der Waals surface area contributed by atoms with Crippen LogP contribution in [0, 0.1) is 27.6 Å². The third kappa shape index (κ3) is 4.20. The highest BCUT2D eigenvalue weighted by Crippen LogP contribution is 2.59. The van der Waals surface area contributed by atoms with Crippen molar-refractivity contribution < 1.29 is 18.1 Å². The number of benzene rings is 4. The van der Waals surface area contributed by atoms with Gasteiger partial charge in [0.15, 0.2) is 0 Å². The van der Waals surface area contributed by atoms with Gasteiger partial charge >= 0.3 is 0 Å². The van der Waals surface area contributed by atoms with Crippen molar-refractivity contribution in [2.45, 2.75) is 0 Å². The average Bonchev–Trinajstić information content (AvgIpc) is 2.82. The highest BCUT2D eigenvalue weighted by molar-refractivity contribution is 7.96. The summed E-state index contributed by atoms with van der Waals surface area (Å²) < 4.78 is 43.6. The second kappa shape index (κ2) is 9.04. The Labute approximate surface area is 189 Å². The molecule has 0 aliphatic heterocycles. The predicted molar refractivity (Wildman–Crippen MR) is 127 cm³/mol. The largest absolute Gasteiger partial charge is 0.269 e. The van der Waals surface area contributed by atoms with E-state index in [1.807, 2.05) is 11.7 Å². The molecule has 0 saturated carbocycles. The Morgan fingerprint density at radius 2 is 0.970 bits per heavy atom. The lowest BCUT2D eigenvalue weighted by atomic mass is 10.3. The van der Waals surface area contributed by atoms with Crippen LogP contribution in [0.1, 0.15) is 0 Å². The van der Waals surface area contributed by atoms with Crippen LogP contribution in [0.15, 0.2) is 97.1 Å². The number of anilines is 1. The molecule has 4 aromatic carbocycles. The molecular weight excluding hydrogens is 448 g/mol. The zero-order valence-electron chi connectivity index (χ0n) is 17.5. The van der Waals surface area contributed by atoms with Crippen LogP contribution < -0.4 is 20.6 Å². The molecule has 166 valence electrons. The molecule has 0 heterocycles. The van der Waals surface area contributed by atoms with Crippen LogP contribution in [-0.4, -0.2) is 12.0 Å². The van der Waals surface area contributed by atoms with Crippen LogP contribution in [-0.2, 0) is 0 Å². The molecule has 0 aliphatic carbocycles. The summed E-state index contributed by atoms with van der Waals surface area (Å²) in [4.78, 5) is 10.7. The molecule has 0 aromatic heterocycles. The zero-order chi connectivity index (χ0) is 23.6. The molecule has 0 unspecified atom stereocenters. The lowest BCUT2D eigenvalue weighted by molar-refractivity contribution is -0.384. The number of hydrogen-bond donors (Lipinski definition) is 0. The fraction of sp³-hybridized carbons (Fsp3) is 0.0400. The Morgan fingerprint density at radius 3 is 1.27 bits per heavy atom. The number of halogens is 3. The van der Waals surface area contributed by atoms with Crippen molar-refractivity contribution in [2.75, 3.05) is 11.7 Å². The second-order valence-electron chi connectivity index (χ2n) is 7.36. The van der Waals surface area contributed by atoms with Gasteiger partial charge in [-0.05, 0) is 84.9 Å². The van der Waals surface area contributed by atoms with Crippen LogP contribution in [0.25, 0.3) is 0 Å². The third-order valence-corrected chi connectivity index (χ3v) is 9.75. The van der Waals surface area contributed by atoms with Gasteiger partial charge in [-0.1, -0.05) is 0 Å². The lowest BCUT2D eigenvalue weighted by Crippen LogP contribution is -2.42. The van der Waals surface area contributed by atoms with Gasteiger partial charge in [-0.3, -0.25) is 10.1 Å². The summed E-state index contributed by atoms with van der Waals surface area (Å²) in [5, 5.41) is 13.4. The van der Waals surface area contributed by atoms with Crippen molar-refractivity contribution >= 4 is 34.7 Å². The lowest BCUT2D eigenvalue weighted by Gasteiger charge is -2.35. The monoisotopic (exact) mass is 467 g/mol. The molecule has 0 bridgehead atoms. The molecule has 0 aliphatic rings. The first-order valence-corrected chi connectivity index (χ1v) is 11.7. The summed E-state index contributed by atoms with van der Waals surface area (Å²) in [5.41, 5.74) is 0.605. The van der Waals surface area contributed by atoms with Crippen molar-refractivity contribution in [2.24, 2.45) is 0 Å². The van der Waals surface area contributed by atoms with Gasteiger partial charge in [-0.2, -0.15) is 0 Å². The predicted octanol–water partition coefficient (Wildman–Crippen LogP) is 5.36. The summed E-state index contributed by atoms with van der Waals surface area (Å²) in [7, 11) is -0.977. The van der Waals surface area contributed by atoms with Crippen LogP contribution in [0.3, 0.4) is 0 Å². The molecule has 0 radical (unpaired) electrons. The molecule has 33 heavy (non-hydrogen) atoms. The van der Waals surface area contributed by atoms with Crippen molar-refractivity contribution in [1.29, 1.82) is 0 Å². The maximum absolute atomic E-state index is 13.9. The Balaban J connectivity index is 2.03. The summed E-state index contributed by atoms with van der Waals surface area (Å²) in [5.74, 6) is -1.23. The number of hydrogen-bond acceptors (Lipinski definition) is 3. The number of nitrogens with zero attached hydrogens (tertiary/aromatic N) is 2. The molecule has 4 aromatic rings. The Bertz CT molecular complexity index is 1150. The first-order valence-electron chi connectivity index (χ1n) is 9.98. The average molecular weight is 467 g/mol. The normalized spacial score (nSPS) is 11.3. The van der Waals surface area contributed by atoms with Gasteiger partial charge in [0.05, 0.1) is 10.6 Å². The summed E-state index contributed by atoms with van der Waals surface area (Å²) in [6, 6.07) is 24.1. The quantitative estimate of drug-likeness (QED) is 0.218. The third-order valence-electron chi connectivity index (χ3n) is 5.49. The van der Waals surface area contributed by atoms with Gasteiger partial charge < -0.3 is 0 Å². The van der Waals surface area contributed by atoms with Crippen molar-refractivity contribution in [1.82, 2.24) is 0 Å². The summed E-state index contributed by atoms with van der Waals surface area (Å²) >= 11 is 0. The number of nitro groups is 1. The van der Waals surface area contributed by atoms with Crippen LogP contribution in [0.5, 0.6) is 0 Å². The van der Waals surface area contributed by atoms with Gasteiger partial charge in [0.1, 0.15) is 33.4 Å². The highest BCUT2D eigenvalue weighted by atomic mass is 31.2. The fourth-order valence-electron chi connectivity index (χ4n) is 3.90. The van der Waals surface area contributed by atoms with E-state index in [-0.39, 0.29) is 5.69 Å². The van der Waals surface area contributed by atoms with Gasteiger partial charge in [-0.15, -0.1) is 0 Å². The number of non-ortho nitro benzene ring substituents is 1. The second-order valence-corrected chi connectivity index (χ2v) is 10.8. The first-order chi connectivity index (χ1) is 15.8. The van der Waals surface area contributed by atoms with Crippen LogP contribution >= 0.6 is 7.41 Å². The molecule has 4 rings (SSSR count). The Hall–Kier alpha value is -3.70. The summed E-state index contributed by atoms with van der Waals surface area (Å²) in [6.07, 6.45) is 0. The zero-order valence-corrected chi connectivity index (χ0v) is 18.4. The first kappa shape index (κ1) is 22.5. The van der Waals surface area contributed by atoms with E-state index in [0.29, 0.717) is 5.69 Å². The van der Waals surface area contributed by atoms with E-state index in [1.54, 1.807) is 48.5 Å². The van der Waals surface area contributed by atoms with Gasteiger partial charge in [0.2, 0.25) is 7.41 Å². The maximum Gasteiger partial charge on any atom is 0.269 e. The molecule has 0 N–H and O–H groups in total.